The quantitative estimate of drug-likeness (QED) is 0.406. The van der Waals surface area contributed by atoms with Gasteiger partial charge >= 0.3 is 0 Å². The summed E-state index contributed by atoms with van der Waals surface area (Å²) in [5.41, 5.74) is 0. The van der Waals surface area contributed by atoms with Crippen molar-refractivity contribution in [2.45, 2.75) is 0 Å². The van der Waals surface area contributed by atoms with Gasteiger partial charge in [-0.1, -0.05) is 0 Å². The minimum absolute atomic E-state index is 0. The molecule has 8 N–H and O–H groups in total. The summed E-state index contributed by atoms with van der Waals surface area (Å²) in [5, 5.41) is 0. The van der Waals surface area contributed by atoms with E-state index in [-0.39, 0.29) is 83.4 Å². The second-order valence-electron chi connectivity index (χ2n) is 0. The van der Waals surface area contributed by atoms with Crippen molar-refractivity contribution in [1.29, 1.82) is 0 Å². The van der Waals surface area contributed by atoms with Crippen molar-refractivity contribution >= 4 is 0 Å². The molecular formula is H8CrNbO4Ti. The summed E-state index contributed by atoms with van der Waals surface area (Å²) in [6.07, 6.45) is 0. The first-order valence-electron chi connectivity index (χ1n) is 0. The van der Waals surface area contributed by atoms with Gasteiger partial charge in [-0.15, -0.1) is 0 Å². The Kier molecular flexibility index (Phi) is 2530. The van der Waals surface area contributed by atoms with E-state index < -0.39 is 0 Å². The zero-order chi connectivity index (χ0) is 0. The molecule has 47 valence electrons. The number of hydrogen-bond acceptors (Lipinski definition) is 0. The van der Waals surface area contributed by atoms with Gasteiger partial charge < -0.3 is 21.9 Å². The van der Waals surface area contributed by atoms with E-state index in [1.807, 2.05) is 0 Å². The van der Waals surface area contributed by atoms with Crippen LogP contribution in [-0.4, -0.2) is 21.9 Å². The van der Waals surface area contributed by atoms with E-state index in [0.29, 0.717) is 0 Å². The minimum Gasteiger partial charge on any atom is -0.412 e. The molecule has 0 aliphatic carbocycles. The van der Waals surface area contributed by atoms with Crippen LogP contribution in [0.25, 0.3) is 0 Å². The summed E-state index contributed by atoms with van der Waals surface area (Å²) in [4.78, 5) is 0. The molecule has 0 rings (SSSR count). The van der Waals surface area contributed by atoms with Crippen LogP contribution in [0.2, 0.25) is 0 Å². The number of rotatable bonds is 0. The normalized spacial score (nSPS) is 0. The van der Waals surface area contributed by atoms with Gasteiger partial charge in [0.1, 0.15) is 0 Å². The van der Waals surface area contributed by atoms with Crippen molar-refractivity contribution in [2.24, 2.45) is 0 Å². The molecule has 0 aliphatic heterocycles. The maximum absolute atomic E-state index is 0. The zero-order valence-electron chi connectivity index (χ0n) is 3.36. The molecule has 0 aromatic rings. The van der Waals surface area contributed by atoms with Gasteiger partial charge in [-0.25, -0.2) is 0 Å². The molecule has 0 aromatic carbocycles. The van der Waals surface area contributed by atoms with Crippen LogP contribution >= 0.6 is 0 Å². The van der Waals surface area contributed by atoms with Gasteiger partial charge in [-0.2, -0.15) is 0 Å². The van der Waals surface area contributed by atoms with Crippen molar-refractivity contribution in [1.82, 2.24) is 0 Å². The molecular weight excluding hydrogens is 257 g/mol. The summed E-state index contributed by atoms with van der Waals surface area (Å²) in [6.45, 7) is 0. The summed E-state index contributed by atoms with van der Waals surface area (Å²) in [7, 11) is 0. The van der Waals surface area contributed by atoms with Crippen molar-refractivity contribution in [3.63, 3.8) is 0 Å². The second kappa shape index (κ2) is 109. The Morgan fingerprint density at radius 1 is 0.571 bits per heavy atom. The molecule has 4 nitrogen and oxygen atoms in total. The largest absolute Gasteiger partial charge is 0.412 e. The Morgan fingerprint density at radius 2 is 0.571 bits per heavy atom. The standard InChI is InChI=1S/Cr.Nb.4H2O.Ti/h;;4*1H2;. The molecule has 0 amide bonds. The van der Waals surface area contributed by atoms with Crippen LogP contribution in [0.1, 0.15) is 0 Å². The van der Waals surface area contributed by atoms with Crippen LogP contribution in [0.15, 0.2) is 0 Å². The molecule has 0 spiro atoms. The van der Waals surface area contributed by atoms with Crippen LogP contribution in [-0.2, 0) is 61.5 Å². The third-order valence-corrected chi connectivity index (χ3v) is 0. The molecule has 0 bridgehead atoms. The first-order chi connectivity index (χ1) is 0. The Bertz CT molecular complexity index is 11.7. The van der Waals surface area contributed by atoms with Gasteiger partial charge in [0.05, 0.1) is 0 Å². The molecule has 0 fully saturated rings. The fourth-order valence-corrected chi connectivity index (χ4v) is 0. The van der Waals surface area contributed by atoms with E-state index in [4.69, 9.17) is 0 Å². The predicted molar refractivity (Wildman–Crippen MR) is 14.5 cm³/mol. The van der Waals surface area contributed by atoms with Crippen molar-refractivity contribution < 1.29 is 83.4 Å². The van der Waals surface area contributed by atoms with Gasteiger partial charge in [0, 0.05) is 61.5 Å². The smallest absolute Gasteiger partial charge is 0 e. The summed E-state index contributed by atoms with van der Waals surface area (Å²) >= 11 is 0. The Morgan fingerprint density at radius 3 is 0.571 bits per heavy atom. The summed E-state index contributed by atoms with van der Waals surface area (Å²) < 4.78 is 0. The molecule has 0 aromatic heterocycles. The second-order valence-corrected chi connectivity index (χ2v) is 0. The first-order valence-corrected chi connectivity index (χ1v) is 0. The summed E-state index contributed by atoms with van der Waals surface area (Å²) in [5.74, 6) is 0. The van der Waals surface area contributed by atoms with Crippen LogP contribution in [0.4, 0.5) is 0 Å². The van der Waals surface area contributed by atoms with E-state index in [1.165, 1.54) is 0 Å². The van der Waals surface area contributed by atoms with Gasteiger partial charge in [0.25, 0.3) is 0 Å². The van der Waals surface area contributed by atoms with E-state index in [2.05, 4.69) is 0 Å². The van der Waals surface area contributed by atoms with Crippen molar-refractivity contribution in [3.05, 3.63) is 0 Å². The van der Waals surface area contributed by atoms with Crippen molar-refractivity contribution in [2.75, 3.05) is 0 Å². The monoisotopic (exact) mass is 265 g/mol. The third kappa shape index (κ3) is 79.6. The maximum atomic E-state index is 0. The van der Waals surface area contributed by atoms with Crippen LogP contribution in [0.3, 0.4) is 0 Å². The topological polar surface area (TPSA) is 126 Å². The Labute approximate surface area is 82.8 Å². The molecule has 0 saturated carbocycles. The van der Waals surface area contributed by atoms with Crippen LogP contribution in [0.5, 0.6) is 0 Å². The Hall–Kier alpha value is 1.83. The fourth-order valence-electron chi connectivity index (χ4n) is 0. The maximum Gasteiger partial charge on any atom is 0 e. The predicted octanol–water partition coefficient (Wildman–Crippen LogP) is -3.31. The van der Waals surface area contributed by atoms with E-state index in [9.17, 15) is 0 Å². The molecule has 0 aliphatic rings. The molecule has 7 heavy (non-hydrogen) atoms. The average molecular weight is 265 g/mol. The van der Waals surface area contributed by atoms with Crippen LogP contribution < -0.4 is 0 Å². The Balaban J connectivity index is 0. The van der Waals surface area contributed by atoms with E-state index in [0.717, 1.165) is 0 Å². The molecule has 1 radical (unpaired) electrons. The molecule has 0 unspecified atom stereocenters. The third-order valence-electron chi connectivity index (χ3n) is 0. The SMILES string of the molecule is O.O.O.O.[Cr].[Nb].[Ti]. The van der Waals surface area contributed by atoms with Crippen molar-refractivity contribution in [3.8, 4) is 0 Å². The molecule has 0 saturated heterocycles. The van der Waals surface area contributed by atoms with Gasteiger partial charge in [-0.3, -0.25) is 0 Å². The molecule has 0 heterocycles. The van der Waals surface area contributed by atoms with Gasteiger partial charge in [0.15, 0.2) is 0 Å². The number of hydrogen-bond donors (Lipinski definition) is 0. The minimum atomic E-state index is 0. The molecule has 7 heteroatoms. The zero-order valence-corrected chi connectivity index (χ0v) is 8.39. The summed E-state index contributed by atoms with van der Waals surface area (Å²) in [6, 6.07) is 0. The van der Waals surface area contributed by atoms with Gasteiger partial charge in [0.2, 0.25) is 0 Å². The van der Waals surface area contributed by atoms with E-state index >= 15 is 0 Å². The molecule has 0 atom stereocenters. The van der Waals surface area contributed by atoms with Gasteiger partial charge in [-0.05, 0) is 0 Å². The fraction of sp³-hybridized carbons (Fsp3) is 0. The van der Waals surface area contributed by atoms with Crippen LogP contribution in [0, 0.1) is 0 Å². The van der Waals surface area contributed by atoms with E-state index in [1.54, 1.807) is 0 Å². The average Bonchev–Trinajstić information content (AvgIpc) is 0. The first kappa shape index (κ1) is 162.